The van der Waals surface area contributed by atoms with Crippen molar-refractivity contribution in [2.75, 3.05) is 5.75 Å². The third kappa shape index (κ3) is 2.82. The van der Waals surface area contributed by atoms with Crippen molar-refractivity contribution in [3.05, 3.63) is 0 Å². The summed E-state index contributed by atoms with van der Waals surface area (Å²) in [5.41, 5.74) is 5.46. The van der Waals surface area contributed by atoms with Crippen LogP contribution in [0.1, 0.15) is 12.8 Å². The van der Waals surface area contributed by atoms with Crippen LogP contribution in [0.25, 0.3) is 0 Å². The molecule has 0 amide bonds. The first-order valence-corrected chi connectivity index (χ1v) is 5.35. The summed E-state index contributed by atoms with van der Waals surface area (Å²) < 4.78 is 22.3. The first-order valence-electron chi connectivity index (χ1n) is 3.63. The molecule has 2 atom stereocenters. The second-order valence-electron chi connectivity index (χ2n) is 2.98. The molecule has 13 heavy (non-hydrogen) atoms. The van der Waals surface area contributed by atoms with E-state index in [1.165, 1.54) is 0 Å². The molecule has 1 rings (SSSR count). The van der Waals surface area contributed by atoms with Crippen LogP contribution >= 0.6 is 12.4 Å². The first kappa shape index (κ1) is 12.7. The van der Waals surface area contributed by atoms with Gasteiger partial charge in [-0.3, -0.25) is 4.79 Å². The van der Waals surface area contributed by atoms with Crippen LogP contribution in [0.2, 0.25) is 0 Å². The summed E-state index contributed by atoms with van der Waals surface area (Å²) in [6, 6.07) is -0.297. The standard InChI is InChI=1S/C6H11NO4S.ClH/c7-4-1-2-12(10,11)5(3-4)6(8)9;/h4-5H,1-3,7H2,(H,8,9);1H. The van der Waals surface area contributed by atoms with Crippen molar-refractivity contribution in [3.8, 4) is 0 Å². The fourth-order valence-electron chi connectivity index (χ4n) is 1.25. The largest absolute Gasteiger partial charge is 0.480 e. The van der Waals surface area contributed by atoms with Gasteiger partial charge in [0.15, 0.2) is 15.1 Å². The summed E-state index contributed by atoms with van der Waals surface area (Å²) in [6.45, 7) is 0. The lowest BCUT2D eigenvalue weighted by Gasteiger charge is -2.23. The molecule has 0 aromatic rings. The Morgan fingerprint density at radius 2 is 2.00 bits per heavy atom. The van der Waals surface area contributed by atoms with E-state index in [0.29, 0.717) is 6.42 Å². The molecule has 0 bridgehead atoms. The molecule has 0 aromatic heterocycles. The number of nitrogens with two attached hydrogens (primary N) is 1. The summed E-state index contributed by atoms with van der Waals surface area (Å²) in [7, 11) is -3.44. The van der Waals surface area contributed by atoms with Crippen molar-refractivity contribution in [2.24, 2.45) is 5.73 Å². The Hall–Kier alpha value is -0.330. The number of carbonyl (C=O) groups is 1. The minimum Gasteiger partial charge on any atom is -0.480 e. The molecule has 2 unspecified atom stereocenters. The van der Waals surface area contributed by atoms with Crippen molar-refractivity contribution in [1.29, 1.82) is 0 Å². The predicted octanol–water partition coefficient (Wildman–Crippen LogP) is -0.603. The molecule has 0 radical (unpaired) electrons. The van der Waals surface area contributed by atoms with E-state index in [9.17, 15) is 13.2 Å². The first-order chi connectivity index (χ1) is 5.43. The van der Waals surface area contributed by atoms with E-state index in [4.69, 9.17) is 10.8 Å². The highest BCUT2D eigenvalue weighted by Gasteiger charge is 2.37. The molecule has 1 heterocycles. The van der Waals surface area contributed by atoms with E-state index in [2.05, 4.69) is 0 Å². The summed E-state index contributed by atoms with van der Waals surface area (Å²) in [6.07, 6.45) is 0.407. The number of hydrogen-bond donors (Lipinski definition) is 2. The molecule has 1 aliphatic rings. The Morgan fingerprint density at radius 1 is 1.46 bits per heavy atom. The van der Waals surface area contributed by atoms with Crippen LogP contribution in [0.3, 0.4) is 0 Å². The molecule has 3 N–H and O–H groups in total. The van der Waals surface area contributed by atoms with Crippen LogP contribution < -0.4 is 5.73 Å². The van der Waals surface area contributed by atoms with Gasteiger partial charge in [-0.2, -0.15) is 0 Å². The van der Waals surface area contributed by atoms with Gasteiger partial charge < -0.3 is 10.8 Å². The van der Waals surface area contributed by atoms with Crippen LogP contribution in [-0.2, 0) is 14.6 Å². The highest BCUT2D eigenvalue weighted by atomic mass is 35.5. The van der Waals surface area contributed by atoms with Gasteiger partial charge in [-0.15, -0.1) is 12.4 Å². The van der Waals surface area contributed by atoms with Gasteiger partial charge in [0.1, 0.15) is 0 Å². The van der Waals surface area contributed by atoms with Crippen LogP contribution in [0, 0.1) is 0 Å². The average Bonchev–Trinajstić information content (AvgIpc) is 1.94. The van der Waals surface area contributed by atoms with E-state index in [1.807, 2.05) is 0 Å². The van der Waals surface area contributed by atoms with Crippen molar-refractivity contribution in [1.82, 2.24) is 0 Å². The zero-order valence-electron chi connectivity index (χ0n) is 6.84. The zero-order valence-corrected chi connectivity index (χ0v) is 8.47. The summed E-state index contributed by atoms with van der Waals surface area (Å²) in [5.74, 6) is -1.39. The van der Waals surface area contributed by atoms with E-state index in [1.54, 1.807) is 0 Å². The predicted molar refractivity (Wildman–Crippen MR) is 49.7 cm³/mol. The van der Waals surface area contributed by atoms with Gasteiger partial charge in [-0.25, -0.2) is 8.42 Å². The molecule has 0 saturated carbocycles. The normalized spacial score (nSPS) is 31.8. The van der Waals surface area contributed by atoms with Gasteiger partial charge in [0.05, 0.1) is 5.75 Å². The van der Waals surface area contributed by atoms with Crippen molar-refractivity contribution >= 4 is 28.2 Å². The van der Waals surface area contributed by atoms with Gasteiger partial charge in [-0.1, -0.05) is 0 Å². The van der Waals surface area contributed by atoms with E-state index < -0.39 is 21.1 Å². The smallest absolute Gasteiger partial charge is 0.321 e. The molecule has 78 valence electrons. The number of halogens is 1. The fraction of sp³-hybridized carbons (Fsp3) is 0.833. The highest BCUT2D eigenvalue weighted by Crippen LogP contribution is 2.18. The molecule has 5 nitrogen and oxygen atoms in total. The summed E-state index contributed by atoms with van der Waals surface area (Å²) in [4.78, 5) is 10.5. The number of hydrogen-bond acceptors (Lipinski definition) is 4. The highest BCUT2D eigenvalue weighted by molar-refractivity contribution is 7.92. The maximum Gasteiger partial charge on any atom is 0.321 e. The quantitative estimate of drug-likeness (QED) is 0.626. The van der Waals surface area contributed by atoms with Crippen LogP contribution in [0.5, 0.6) is 0 Å². The number of rotatable bonds is 1. The lowest BCUT2D eigenvalue weighted by Crippen LogP contribution is -2.43. The van der Waals surface area contributed by atoms with Crippen LogP contribution in [-0.4, -0.2) is 36.5 Å². The molecule has 0 aliphatic carbocycles. The Kier molecular flexibility index (Phi) is 4.15. The van der Waals surface area contributed by atoms with Gasteiger partial charge in [-0.05, 0) is 12.8 Å². The van der Waals surface area contributed by atoms with Crippen LogP contribution in [0.15, 0.2) is 0 Å². The second kappa shape index (κ2) is 4.26. The average molecular weight is 230 g/mol. The van der Waals surface area contributed by atoms with Crippen molar-refractivity contribution in [2.45, 2.75) is 24.1 Å². The Labute approximate surface area is 82.6 Å². The maximum absolute atomic E-state index is 11.1. The molecule has 1 fully saturated rings. The summed E-state index contributed by atoms with van der Waals surface area (Å²) in [5, 5.41) is 7.27. The van der Waals surface area contributed by atoms with Gasteiger partial charge >= 0.3 is 5.97 Å². The van der Waals surface area contributed by atoms with Gasteiger partial charge in [0.25, 0.3) is 0 Å². The molecule has 0 aromatic carbocycles. The molecular formula is C6H12ClNO4S. The van der Waals surface area contributed by atoms with Crippen LogP contribution in [0.4, 0.5) is 0 Å². The SMILES string of the molecule is Cl.NC1CCS(=O)(=O)C(C(=O)O)C1. The van der Waals surface area contributed by atoms with E-state index in [0.717, 1.165) is 0 Å². The minimum absolute atomic E-state index is 0. The van der Waals surface area contributed by atoms with Crippen molar-refractivity contribution in [3.63, 3.8) is 0 Å². The second-order valence-corrected chi connectivity index (χ2v) is 5.28. The molecule has 7 heteroatoms. The minimum atomic E-state index is -3.44. The molecule has 1 aliphatic heterocycles. The van der Waals surface area contributed by atoms with Gasteiger partial charge in [0.2, 0.25) is 0 Å². The number of carboxylic acid groups (broad SMARTS) is 1. The fourth-order valence-corrected chi connectivity index (χ4v) is 3.02. The summed E-state index contributed by atoms with van der Waals surface area (Å²) >= 11 is 0. The van der Waals surface area contributed by atoms with Gasteiger partial charge in [0, 0.05) is 6.04 Å². The molecule has 0 spiro atoms. The number of carboxylic acids is 1. The number of aliphatic carboxylic acids is 1. The molecule has 1 saturated heterocycles. The monoisotopic (exact) mass is 229 g/mol. The van der Waals surface area contributed by atoms with Crippen molar-refractivity contribution < 1.29 is 18.3 Å². The zero-order chi connectivity index (χ0) is 9.35. The third-order valence-corrected chi connectivity index (χ3v) is 4.06. The third-order valence-electron chi connectivity index (χ3n) is 2.00. The Morgan fingerprint density at radius 3 is 2.38 bits per heavy atom. The Bertz CT molecular complexity index is 289. The topological polar surface area (TPSA) is 97.5 Å². The lowest BCUT2D eigenvalue weighted by molar-refractivity contribution is -0.136. The lowest BCUT2D eigenvalue weighted by atomic mass is 10.1. The van der Waals surface area contributed by atoms with E-state index in [-0.39, 0.29) is 30.6 Å². The maximum atomic E-state index is 11.1. The molecular weight excluding hydrogens is 218 g/mol. The van der Waals surface area contributed by atoms with E-state index >= 15 is 0 Å². The Balaban J connectivity index is 0.00000144. The number of sulfone groups is 1.